The summed E-state index contributed by atoms with van der Waals surface area (Å²) in [6.07, 6.45) is 2.54. The lowest BCUT2D eigenvalue weighted by molar-refractivity contribution is 0.222. The molecular formula is C17H28N2. The van der Waals surface area contributed by atoms with Gasteiger partial charge in [-0.3, -0.25) is 0 Å². The van der Waals surface area contributed by atoms with Crippen LogP contribution in [-0.2, 0) is 0 Å². The SMILES string of the molecule is CC(C)CC(C)N(C)CCC1CNc2ccccc21. The van der Waals surface area contributed by atoms with E-state index in [9.17, 15) is 0 Å². The standard InChI is InChI=1S/C17H28N2/c1-13(2)11-14(3)19(4)10-9-15-12-18-17-8-6-5-7-16(15)17/h5-8,13-15,18H,9-12H2,1-4H3. The number of hydrogen-bond donors (Lipinski definition) is 1. The van der Waals surface area contributed by atoms with E-state index in [4.69, 9.17) is 0 Å². The predicted molar refractivity (Wildman–Crippen MR) is 83.8 cm³/mol. The Morgan fingerprint density at radius 2 is 2.00 bits per heavy atom. The van der Waals surface area contributed by atoms with E-state index in [1.54, 1.807) is 0 Å². The topological polar surface area (TPSA) is 15.3 Å². The predicted octanol–water partition coefficient (Wildman–Crippen LogP) is 3.95. The first-order valence-corrected chi connectivity index (χ1v) is 7.61. The molecule has 1 aliphatic heterocycles. The average Bonchev–Trinajstić information content (AvgIpc) is 2.78. The average molecular weight is 260 g/mol. The minimum atomic E-state index is 0.685. The second-order valence-corrected chi connectivity index (χ2v) is 6.41. The molecule has 2 rings (SSSR count). The van der Waals surface area contributed by atoms with Crippen LogP contribution >= 0.6 is 0 Å². The Hall–Kier alpha value is -1.02. The number of rotatable bonds is 6. The summed E-state index contributed by atoms with van der Waals surface area (Å²) in [5.41, 5.74) is 2.85. The first-order valence-electron chi connectivity index (χ1n) is 7.61. The van der Waals surface area contributed by atoms with Gasteiger partial charge >= 0.3 is 0 Å². The molecule has 0 bridgehead atoms. The monoisotopic (exact) mass is 260 g/mol. The van der Waals surface area contributed by atoms with E-state index in [1.807, 2.05) is 0 Å². The number of fused-ring (bicyclic) bond motifs is 1. The van der Waals surface area contributed by atoms with Gasteiger partial charge in [-0.2, -0.15) is 0 Å². The van der Waals surface area contributed by atoms with Gasteiger partial charge in [-0.05, 0) is 50.9 Å². The first-order chi connectivity index (χ1) is 9.08. The molecule has 0 saturated carbocycles. The van der Waals surface area contributed by atoms with Gasteiger partial charge in [0.25, 0.3) is 0 Å². The van der Waals surface area contributed by atoms with Crippen molar-refractivity contribution >= 4 is 5.69 Å². The zero-order chi connectivity index (χ0) is 13.8. The van der Waals surface area contributed by atoms with Crippen LogP contribution in [0.3, 0.4) is 0 Å². The van der Waals surface area contributed by atoms with Crippen molar-refractivity contribution in [1.82, 2.24) is 4.90 Å². The van der Waals surface area contributed by atoms with E-state index in [-0.39, 0.29) is 0 Å². The van der Waals surface area contributed by atoms with Gasteiger partial charge in [0.2, 0.25) is 0 Å². The highest BCUT2D eigenvalue weighted by molar-refractivity contribution is 5.57. The van der Waals surface area contributed by atoms with Gasteiger partial charge < -0.3 is 10.2 Å². The zero-order valence-electron chi connectivity index (χ0n) is 12.8. The quantitative estimate of drug-likeness (QED) is 0.833. The summed E-state index contributed by atoms with van der Waals surface area (Å²) in [5, 5.41) is 3.52. The van der Waals surface area contributed by atoms with Crippen LogP contribution in [0.5, 0.6) is 0 Å². The molecule has 0 amide bonds. The van der Waals surface area contributed by atoms with Gasteiger partial charge in [0.05, 0.1) is 0 Å². The van der Waals surface area contributed by atoms with Crippen LogP contribution in [0.15, 0.2) is 24.3 Å². The number of hydrogen-bond acceptors (Lipinski definition) is 2. The molecule has 106 valence electrons. The Balaban J connectivity index is 1.83. The molecule has 0 radical (unpaired) electrons. The highest BCUT2D eigenvalue weighted by Gasteiger charge is 2.22. The van der Waals surface area contributed by atoms with Crippen molar-refractivity contribution in [3.8, 4) is 0 Å². The highest BCUT2D eigenvalue weighted by atomic mass is 15.1. The van der Waals surface area contributed by atoms with Gasteiger partial charge in [0, 0.05) is 24.2 Å². The molecular weight excluding hydrogens is 232 g/mol. The fourth-order valence-electron chi connectivity index (χ4n) is 3.06. The number of nitrogens with one attached hydrogen (secondary N) is 1. The molecule has 1 heterocycles. The van der Waals surface area contributed by atoms with Gasteiger partial charge in [-0.25, -0.2) is 0 Å². The molecule has 1 aliphatic rings. The van der Waals surface area contributed by atoms with Crippen molar-refractivity contribution in [1.29, 1.82) is 0 Å². The molecule has 0 aliphatic carbocycles. The molecule has 0 fully saturated rings. The molecule has 0 saturated heterocycles. The van der Waals surface area contributed by atoms with Crippen LogP contribution in [-0.4, -0.2) is 31.1 Å². The van der Waals surface area contributed by atoms with Crippen LogP contribution in [0.4, 0.5) is 5.69 Å². The van der Waals surface area contributed by atoms with Crippen molar-refractivity contribution in [3.05, 3.63) is 29.8 Å². The third-order valence-electron chi connectivity index (χ3n) is 4.33. The minimum absolute atomic E-state index is 0.685. The van der Waals surface area contributed by atoms with E-state index in [2.05, 4.69) is 62.3 Å². The number of anilines is 1. The fourth-order valence-corrected chi connectivity index (χ4v) is 3.06. The lowest BCUT2D eigenvalue weighted by Gasteiger charge is -2.27. The third-order valence-corrected chi connectivity index (χ3v) is 4.33. The Morgan fingerprint density at radius 3 is 2.74 bits per heavy atom. The molecule has 2 unspecified atom stereocenters. The van der Waals surface area contributed by atoms with Gasteiger partial charge in [-0.15, -0.1) is 0 Å². The van der Waals surface area contributed by atoms with Gasteiger partial charge in [-0.1, -0.05) is 32.0 Å². The smallest absolute Gasteiger partial charge is 0.0376 e. The summed E-state index contributed by atoms with van der Waals surface area (Å²) in [5.74, 6) is 1.47. The maximum absolute atomic E-state index is 3.52. The Labute approximate surface area is 118 Å². The molecule has 0 aromatic heterocycles. The minimum Gasteiger partial charge on any atom is -0.384 e. The molecule has 1 aromatic carbocycles. The van der Waals surface area contributed by atoms with Crippen molar-refractivity contribution in [2.45, 2.75) is 45.6 Å². The number of para-hydroxylation sites is 1. The van der Waals surface area contributed by atoms with E-state index in [0.717, 1.165) is 12.5 Å². The molecule has 2 heteroatoms. The molecule has 0 spiro atoms. The van der Waals surface area contributed by atoms with Crippen molar-refractivity contribution in [3.63, 3.8) is 0 Å². The van der Waals surface area contributed by atoms with Crippen LogP contribution in [0, 0.1) is 5.92 Å². The second kappa shape index (κ2) is 6.42. The van der Waals surface area contributed by atoms with Gasteiger partial charge in [0.1, 0.15) is 0 Å². The van der Waals surface area contributed by atoms with Crippen LogP contribution < -0.4 is 5.32 Å². The molecule has 1 aromatic rings. The molecule has 19 heavy (non-hydrogen) atoms. The van der Waals surface area contributed by atoms with Crippen molar-refractivity contribution in [2.75, 3.05) is 25.5 Å². The summed E-state index contributed by atoms with van der Waals surface area (Å²) >= 11 is 0. The fraction of sp³-hybridized carbons (Fsp3) is 0.647. The Kier molecular flexibility index (Phi) is 4.87. The van der Waals surface area contributed by atoms with E-state index >= 15 is 0 Å². The molecule has 2 atom stereocenters. The maximum atomic E-state index is 3.52. The number of benzene rings is 1. The van der Waals surface area contributed by atoms with Crippen LogP contribution in [0.2, 0.25) is 0 Å². The van der Waals surface area contributed by atoms with E-state index < -0.39 is 0 Å². The number of nitrogens with zero attached hydrogens (tertiary/aromatic N) is 1. The molecule has 1 N–H and O–H groups in total. The normalized spacial score (nSPS) is 19.6. The van der Waals surface area contributed by atoms with Gasteiger partial charge in [0.15, 0.2) is 0 Å². The van der Waals surface area contributed by atoms with E-state index in [0.29, 0.717) is 12.0 Å². The zero-order valence-corrected chi connectivity index (χ0v) is 12.8. The summed E-state index contributed by atoms with van der Waals surface area (Å²) < 4.78 is 0. The lowest BCUT2D eigenvalue weighted by Crippen LogP contribution is -2.32. The highest BCUT2D eigenvalue weighted by Crippen LogP contribution is 2.33. The molecule has 2 nitrogen and oxygen atoms in total. The Morgan fingerprint density at radius 1 is 1.26 bits per heavy atom. The van der Waals surface area contributed by atoms with Crippen LogP contribution in [0.25, 0.3) is 0 Å². The van der Waals surface area contributed by atoms with Crippen LogP contribution in [0.1, 0.15) is 45.1 Å². The summed E-state index contributed by atoms with van der Waals surface area (Å²) in [6.45, 7) is 9.25. The third kappa shape index (κ3) is 3.73. The lowest BCUT2D eigenvalue weighted by atomic mass is 9.97. The first kappa shape index (κ1) is 14.4. The largest absolute Gasteiger partial charge is 0.384 e. The Bertz CT molecular complexity index is 400. The second-order valence-electron chi connectivity index (χ2n) is 6.41. The summed E-state index contributed by atoms with van der Waals surface area (Å²) in [6, 6.07) is 9.43. The van der Waals surface area contributed by atoms with Crippen molar-refractivity contribution < 1.29 is 0 Å². The van der Waals surface area contributed by atoms with E-state index in [1.165, 1.54) is 30.6 Å². The van der Waals surface area contributed by atoms with Crippen molar-refractivity contribution in [2.24, 2.45) is 5.92 Å². The summed E-state index contributed by atoms with van der Waals surface area (Å²) in [7, 11) is 2.27. The summed E-state index contributed by atoms with van der Waals surface area (Å²) in [4.78, 5) is 2.51. The maximum Gasteiger partial charge on any atom is 0.0376 e.